The summed E-state index contributed by atoms with van der Waals surface area (Å²) in [5.74, 6) is -4.62. The van der Waals surface area contributed by atoms with Crippen LogP contribution in [0.4, 0.5) is 11.6 Å². The van der Waals surface area contributed by atoms with Crippen LogP contribution in [-0.4, -0.2) is 70.6 Å². The number of amides is 2. The predicted octanol–water partition coefficient (Wildman–Crippen LogP) is 2.18. The van der Waals surface area contributed by atoms with Crippen LogP contribution in [0.3, 0.4) is 0 Å². The Balaban J connectivity index is 0.000000244. The van der Waals surface area contributed by atoms with Crippen LogP contribution in [0.15, 0.2) is 36.7 Å². The van der Waals surface area contributed by atoms with Crippen LogP contribution < -0.4 is 10.6 Å². The monoisotopic (exact) mass is 608 g/mol. The Hall–Kier alpha value is -5.40. The summed E-state index contributed by atoms with van der Waals surface area (Å²) in [5.41, 5.74) is 2.04. The van der Waals surface area contributed by atoms with Crippen LogP contribution in [0.25, 0.3) is 12.2 Å². The van der Waals surface area contributed by atoms with E-state index in [-0.39, 0.29) is 12.8 Å². The van der Waals surface area contributed by atoms with Gasteiger partial charge in [0.05, 0.1) is 14.2 Å². The van der Waals surface area contributed by atoms with E-state index in [1.54, 1.807) is 39.0 Å². The number of nitrogens with one attached hydrogen (secondary N) is 2. The minimum Gasteiger partial charge on any atom is -0.478 e. The molecule has 4 heterocycles. The molecule has 0 saturated heterocycles. The molecule has 0 aliphatic carbocycles. The highest BCUT2D eigenvalue weighted by Gasteiger charge is 2.34. The number of anilines is 2. The molecule has 0 spiro atoms. The summed E-state index contributed by atoms with van der Waals surface area (Å²) in [7, 11) is 2.46. The van der Waals surface area contributed by atoms with Gasteiger partial charge in [-0.1, -0.05) is 0 Å². The topological polar surface area (TPSA) is 200 Å². The van der Waals surface area contributed by atoms with Crippen molar-refractivity contribution in [1.82, 2.24) is 9.97 Å². The maximum absolute atomic E-state index is 11.9. The molecule has 14 nitrogen and oxygen atoms in total. The number of carbonyl (C=O) groups is 6. The number of nitrogens with zero attached hydrogens (tertiary/aromatic N) is 2. The van der Waals surface area contributed by atoms with Gasteiger partial charge in [-0.15, -0.1) is 0 Å². The van der Waals surface area contributed by atoms with Crippen LogP contribution in [0.1, 0.15) is 43.0 Å². The van der Waals surface area contributed by atoms with Crippen LogP contribution in [0, 0.1) is 11.8 Å². The summed E-state index contributed by atoms with van der Waals surface area (Å²) in [6.07, 6.45) is 8.61. The Morgan fingerprint density at radius 1 is 0.818 bits per heavy atom. The Bertz CT molecular complexity index is 1540. The zero-order valence-corrected chi connectivity index (χ0v) is 24.7. The van der Waals surface area contributed by atoms with E-state index >= 15 is 0 Å². The lowest BCUT2D eigenvalue weighted by Gasteiger charge is -2.22. The zero-order valence-electron chi connectivity index (χ0n) is 24.7. The number of rotatable bonds is 6. The van der Waals surface area contributed by atoms with Gasteiger partial charge in [0.1, 0.15) is 29.1 Å². The minimum absolute atomic E-state index is 0.176. The maximum atomic E-state index is 11.9. The smallest absolute Gasteiger partial charge is 0.331 e. The minimum atomic E-state index is -1.07. The fourth-order valence-electron chi connectivity index (χ4n) is 4.14. The summed E-state index contributed by atoms with van der Waals surface area (Å²) in [6, 6.07) is 3.44. The first-order chi connectivity index (χ1) is 20.7. The molecule has 0 saturated carbocycles. The highest BCUT2D eigenvalue weighted by molar-refractivity contribution is 6.07. The molecular weight excluding hydrogens is 576 g/mol. The van der Waals surface area contributed by atoms with Crippen molar-refractivity contribution in [2.24, 2.45) is 11.8 Å². The fourth-order valence-corrected chi connectivity index (χ4v) is 4.14. The molecule has 232 valence electrons. The number of fused-ring (bicyclic) bond motifs is 2. The van der Waals surface area contributed by atoms with Crippen LogP contribution in [0.2, 0.25) is 0 Å². The molecule has 2 aliphatic rings. The van der Waals surface area contributed by atoms with Gasteiger partial charge in [0.25, 0.3) is 0 Å². The van der Waals surface area contributed by atoms with Crippen LogP contribution in [-0.2, 0) is 55.8 Å². The molecule has 2 atom stereocenters. The zero-order chi connectivity index (χ0) is 32.6. The molecule has 2 amide bonds. The van der Waals surface area contributed by atoms with Gasteiger partial charge in [0.15, 0.2) is 0 Å². The van der Waals surface area contributed by atoms with Gasteiger partial charge < -0.3 is 30.0 Å². The van der Waals surface area contributed by atoms with Crippen molar-refractivity contribution >= 4 is 59.5 Å². The molecule has 2 aromatic rings. The standard InChI is InChI=1S/C17H20N2O5.C13H12N2O5/c1-17(2,3)24-13(20)6-5-10-7-11-8-12(16(22)23-4)15(21)19-14(11)18-9-10;1-20-13(19)9-5-8-4-7(2-3-10(16)17)6-14-11(8)15-12(9)18/h5-7,9,12H,8H2,1-4H3,(H,18,19,21);2-4,6,9H,5H2,1H3,(H,16,17)(H,14,15,18)/b6-5+;3-2+. The second kappa shape index (κ2) is 14.2. The van der Waals surface area contributed by atoms with Crippen LogP contribution >= 0.6 is 0 Å². The number of aromatic nitrogens is 2. The van der Waals surface area contributed by atoms with Crippen LogP contribution in [0.5, 0.6) is 0 Å². The van der Waals surface area contributed by atoms with Crippen molar-refractivity contribution in [2.45, 2.75) is 39.2 Å². The summed E-state index contributed by atoms with van der Waals surface area (Å²) in [5, 5.41) is 13.7. The van der Waals surface area contributed by atoms with E-state index in [9.17, 15) is 28.8 Å². The molecule has 44 heavy (non-hydrogen) atoms. The summed E-state index contributed by atoms with van der Waals surface area (Å²) in [6.45, 7) is 5.36. The van der Waals surface area contributed by atoms with Crippen molar-refractivity contribution in [3.05, 3.63) is 58.9 Å². The third kappa shape index (κ3) is 9.05. The lowest BCUT2D eigenvalue weighted by atomic mass is 9.94. The third-order valence-corrected chi connectivity index (χ3v) is 6.15. The summed E-state index contributed by atoms with van der Waals surface area (Å²) < 4.78 is 14.4. The number of aliphatic carboxylic acids is 1. The Morgan fingerprint density at radius 3 is 1.64 bits per heavy atom. The molecule has 0 fully saturated rings. The van der Waals surface area contributed by atoms with Gasteiger partial charge in [-0.05, 0) is 80.2 Å². The van der Waals surface area contributed by atoms with Gasteiger partial charge in [-0.3, -0.25) is 19.2 Å². The van der Waals surface area contributed by atoms with Gasteiger partial charge in [-0.25, -0.2) is 19.6 Å². The number of esters is 3. The van der Waals surface area contributed by atoms with E-state index in [0.717, 1.165) is 6.08 Å². The molecule has 3 N–H and O–H groups in total. The van der Waals surface area contributed by atoms with Gasteiger partial charge in [0.2, 0.25) is 11.8 Å². The molecule has 2 aliphatic heterocycles. The van der Waals surface area contributed by atoms with E-state index in [4.69, 9.17) is 9.84 Å². The number of carboxylic acids is 1. The molecule has 2 aromatic heterocycles. The second-order valence-electron chi connectivity index (χ2n) is 10.6. The normalized spacial score (nSPS) is 17.3. The number of methoxy groups -OCH3 is 2. The predicted molar refractivity (Wildman–Crippen MR) is 156 cm³/mol. The first kappa shape index (κ1) is 33.1. The van der Waals surface area contributed by atoms with Gasteiger partial charge in [-0.2, -0.15) is 0 Å². The first-order valence-electron chi connectivity index (χ1n) is 13.3. The van der Waals surface area contributed by atoms with Gasteiger partial charge >= 0.3 is 23.9 Å². The third-order valence-electron chi connectivity index (χ3n) is 6.15. The van der Waals surface area contributed by atoms with Gasteiger partial charge in [0, 0.05) is 24.5 Å². The first-order valence-corrected chi connectivity index (χ1v) is 13.3. The lowest BCUT2D eigenvalue weighted by Crippen LogP contribution is -2.36. The van der Waals surface area contributed by atoms with E-state index in [2.05, 4.69) is 30.1 Å². The van der Waals surface area contributed by atoms with E-state index in [1.807, 2.05) is 0 Å². The molecular formula is C30H32N4O10. The number of ether oxygens (including phenoxy) is 3. The quantitative estimate of drug-likeness (QED) is 0.187. The number of pyridine rings is 2. The SMILES string of the molecule is COC(=O)C1Cc2cc(/C=C/C(=O)O)cnc2NC1=O.COC(=O)C1Cc2cc(/C=C/C(=O)OC(C)(C)C)cnc2NC1=O. The summed E-state index contributed by atoms with van der Waals surface area (Å²) >= 11 is 0. The molecule has 14 heteroatoms. The van der Waals surface area contributed by atoms with Crippen molar-refractivity contribution in [1.29, 1.82) is 0 Å². The van der Waals surface area contributed by atoms with Crippen molar-refractivity contribution < 1.29 is 48.1 Å². The molecule has 2 unspecified atom stereocenters. The van der Waals surface area contributed by atoms with Crippen molar-refractivity contribution in [2.75, 3.05) is 24.9 Å². The lowest BCUT2D eigenvalue weighted by molar-refractivity contribution is -0.150. The van der Waals surface area contributed by atoms with E-state index in [1.165, 1.54) is 38.8 Å². The molecule has 0 aromatic carbocycles. The Labute approximate surface area is 252 Å². The molecule has 0 bridgehead atoms. The second-order valence-corrected chi connectivity index (χ2v) is 10.6. The highest BCUT2D eigenvalue weighted by atomic mass is 16.6. The number of carboxylic acid groups (broad SMARTS) is 1. The average Bonchev–Trinajstić information content (AvgIpc) is 2.97. The van der Waals surface area contributed by atoms with E-state index < -0.39 is 53.1 Å². The molecule has 0 radical (unpaired) electrons. The van der Waals surface area contributed by atoms with E-state index in [0.29, 0.717) is 33.9 Å². The Morgan fingerprint density at radius 2 is 1.25 bits per heavy atom. The largest absolute Gasteiger partial charge is 0.478 e. The van der Waals surface area contributed by atoms with Crippen molar-refractivity contribution in [3.8, 4) is 0 Å². The number of carbonyl (C=O) groups excluding carboxylic acids is 5. The van der Waals surface area contributed by atoms with Crippen molar-refractivity contribution in [3.63, 3.8) is 0 Å². The molecule has 4 rings (SSSR count). The number of hydrogen-bond acceptors (Lipinski definition) is 11. The Kier molecular flexibility index (Phi) is 10.7. The fraction of sp³-hybridized carbons (Fsp3) is 0.333. The maximum Gasteiger partial charge on any atom is 0.331 e. The number of hydrogen-bond donors (Lipinski definition) is 3. The average molecular weight is 609 g/mol. The summed E-state index contributed by atoms with van der Waals surface area (Å²) in [4.78, 5) is 77.1. The highest BCUT2D eigenvalue weighted by Crippen LogP contribution is 2.27.